The number of halogens is 6. The molecule has 4 aliphatic heterocycles. The Morgan fingerprint density at radius 3 is 1.43 bits per heavy atom. The number of hydrogen-bond acceptors (Lipinski definition) is 17. The Kier molecular flexibility index (Phi) is 18.5. The van der Waals surface area contributed by atoms with E-state index in [1.165, 1.54) is 57.8 Å². The number of nitrogens with zero attached hydrogens (tertiary/aromatic N) is 12. The highest BCUT2D eigenvalue weighted by atomic mass is 19.2. The number of para-hydroxylation sites is 1. The van der Waals surface area contributed by atoms with Crippen LogP contribution < -0.4 is 34.6 Å². The van der Waals surface area contributed by atoms with Gasteiger partial charge in [-0.3, -0.25) is 29.2 Å². The summed E-state index contributed by atoms with van der Waals surface area (Å²) in [6.45, 7) is 13.6. The maximum atomic E-state index is 13.6. The third-order valence-corrected chi connectivity index (χ3v) is 14.2. The van der Waals surface area contributed by atoms with Crippen LogP contribution in [0.5, 0.6) is 17.8 Å². The van der Waals surface area contributed by atoms with E-state index in [0.29, 0.717) is 53.6 Å². The lowest BCUT2D eigenvalue weighted by molar-refractivity contribution is -0.126. The molecule has 8 heterocycles. The highest BCUT2D eigenvalue weighted by Gasteiger charge is 2.51. The molecule has 0 unspecified atom stereocenters. The number of urea groups is 1. The maximum absolute atomic E-state index is 13.6. The SMILES string of the molecule is C[C@@H]1[C@@H](Oc2ncccn2)[C@H](O)C(=O)N1c1cnn2c1CN(C(=O)Nc1cc(F)c(F)c(F)c1)[C@@H](C)C2.C[C@@H]1[C@@H](Oc2ncccn2)[C@H](O)C(=O)N1c1cnn2c1CN(C(=O)OC(C)(C)C)[C@@H](C)C2.O=C(Nc1cc(F)c(F)c(F)c1)Oc1ccccc1. The molecular weight excluding hydrogens is 1170 g/mol. The Hall–Kier alpha value is -9.91. The first-order valence-electron chi connectivity index (χ1n) is 27.2. The summed E-state index contributed by atoms with van der Waals surface area (Å²) in [6, 6.07) is 11.8. The fourth-order valence-corrected chi connectivity index (χ4v) is 9.93. The summed E-state index contributed by atoms with van der Waals surface area (Å²) in [5.41, 5.74) is 0.999. The van der Waals surface area contributed by atoms with Crippen molar-refractivity contribution >= 4 is 52.8 Å². The number of carbonyl (C=O) groups excluding carboxylic acids is 5. The number of aromatic nitrogens is 8. The second-order valence-corrected chi connectivity index (χ2v) is 21.5. The van der Waals surface area contributed by atoms with Gasteiger partial charge in [-0.1, -0.05) is 18.2 Å². The fraction of sp³-hybridized carbons (Fsp3) is 0.351. The molecule has 4 aromatic heterocycles. The van der Waals surface area contributed by atoms with Gasteiger partial charge in [0, 0.05) is 54.7 Å². The first-order valence-corrected chi connectivity index (χ1v) is 27.2. The van der Waals surface area contributed by atoms with E-state index in [4.69, 9.17) is 18.9 Å². The number of benzene rings is 3. The lowest BCUT2D eigenvalue weighted by Gasteiger charge is -2.36. The van der Waals surface area contributed by atoms with Crippen LogP contribution in [0.25, 0.3) is 0 Å². The van der Waals surface area contributed by atoms with Crippen LogP contribution in [-0.4, -0.2) is 144 Å². The van der Waals surface area contributed by atoms with Crippen molar-refractivity contribution in [2.45, 2.75) is 129 Å². The van der Waals surface area contributed by atoms with Crippen molar-refractivity contribution in [3.63, 3.8) is 0 Å². The first-order chi connectivity index (χ1) is 41.8. The van der Waals surface area contributed by atoms with Crippen molar-refractivity contribution in [2.75, 3.05) is 20.4 Å². The minimum Gasteiger partial charge on any atom is -0.455 e. The van der Waals surface area contributed by atoms with E-state index in [0.717, 1.165) is 0 Å². The number of carbonyl (C=O) groups is 5. The van der Waals surface area contributed by atoms with Gasteiger partial charge in [0.15, 0.2) is 59.3 Å². The zero-order valence-corrected chi connectivity index (χ0v) is 48.0. The van der Waals surface area contributed by atoms with Gasteiger partial charge < -0.3 is 49.2 Å². The predicted octanol–water partition coefficient (Wildman–Crippen LogP) is 7.14. The van der Waals surface area contributed by atoms with Crippen molar-refractivity contribution in [1.29, 1.82) is 0 Å². The number of aliphatic hydroxyl groups is 2. The molecule has 0 aliphatic carbocycles. The van der Waals surface area contributed by atoms with Gasteiger partial charge in [0.05, 0.1) is 91.2 Å². The number of anilines is 4. The minimum atomic E-state index is -1.63. The van der Waals surface area contributed by atoms with Crippen LogP contribution in [0, 0.1) is 34.9 Å². The Morgan fingerprint density at radius 1 is 0.591 bits per heavy atom. The first kappa shape index (κ1) is 62.6. The molecule has 4 N–H and O–H groups in total. The molecule has 4 aliphatic rings. The number of ether oxygens (including phenoxy) is 4. The van der Waals surface area contributed by atoms with E-state index < -0.39 is 107 Å². The van der Waals surface area contributed by atoms with Crippen molar-refractivity contribution in [3.05, 3.63) is 150 Å². The second-order valence-electron chi connectivity index (χ2n) is 21.5. The molecule has 25 nitrogen and oxygen atoms in total. The maximum Gasteiger partial charge on any atom is 0.417 e. The number of hydrogen-bond donors (Lipinski definition) is 4. The van der Waals surface area contributed by atoms with Crippen molar-refractivity contribution in [3.8, 4) is 17.8 Å². The van der Waals surface area contributed by atoms with E-state index in [9.17, 15) is 60.5 Å². The van der Waals surface area contributed by atoms with Crippen molar-refractivity contribution in [1.82, 2.24) is 49.3 Å². The molecule has 0 spiro atoms. The van der Waals surface area contributed by atoms with Crippen LogP contribution in [-0.2, 0) is 40.5 Å². The van der Waals surface area contributed by atoms with E-state index in [1.54, 1.807) is 71.6 Å². The number of fused-ring (bicyclic) bond motifs is 2. The summed E-state index contributed by atoms with van der Waals surface area (Å²) in [4.78, 5) is 85.0. The summed E-state index contributed by atoms with van der Waals surface area (Å²) in [5, 5.41) is 34.4. The lowest BCUT2D eigenvalue weighted by Crippen LogP contribution is -2.47. The molecule has 88 heavy (non-hydrogen) atoms. The molecule has 6 amide bonds. The topological polar surface area (TPSA) is 287 Å². The predicted molar refractivity (Wildman–Crippen MR) is 297 cm³/mol. The van der Waals surface area contributed by atoms with Crippen molar-refractivity contribution < 1.29 is 79.5 Å². The van der Waals surface area contributed by atoms with Gasteiger partial charge in [0.25, 0.3) is 11.8 Å². The summed E-state index contributed by atoms with van der Waals surface area (Å²) < 4.78 is 104. The minimum absolute atomic E-state index is 0.00555. The highest BCUT2D eigenvalue weighted by Crippen LogP contribution is 2.37. The van der Waals surface area contributed by atoms with Gasteiger partial charge in [-0.15, -0.1) is 0 Å². The molecule has 0 radical (unpaired) electrons. The molecule has 2 saturated heterocycles. The van der Waals surface area contributed by atoms with Crippen LogP contribution in [0.3, 0.4) is 0 Å². The number of nitrogens with one attached hydrogen (secondary N) is 2. The Morgan fingerprint density at radius 2 is 1.00 bits per heavy atom. The van der Waals surface area contributed by atoms with Gasteiger partial charge in [0.2, 0.25) is 0 Å². The van der Waals surface area contributed by atoms with Gasteiger partial charge in [0.1, 0.15) is 11.4 Å². The molecule has 0 saturated carbocycles. The molecule has 464 valence electrons. The van der Waals surface area contributed by atoms with E-state index in [1.807, 2.05) is 27.7 Å². The third kappa shape index (κ3) is 13.7. The number of aliphatic hydroxyl groups excluding tert-OH is 2. The highest BCUT2D eigenvalue weighted by molar-refractivity contribution is 6.01. The smallest absolute Gasteiger partial charge is 0.417 e. The Balaban J connectivity index is 0.000000165. The normalized spacial score (nSPS) is 21.3. The summed E-state index contributed by atoms with van der Waals surface area (Å²) in [5.74, 6) is -9.73. The standard InChI is InChI=1S/C23H22F3N7O4.C21H28N6O5.C13H8F3NO2/c1-11-9-32-17(10-31(11)23(36)30-13-6-14(24)18(26)15(25)7-13)16(8-29-32)33-12(2)20(19(34)21(33)35)37-22-27-4-3-5-28-22;1-12-10-26-15(11-25(12)20(30)32-21(3,4)5)14(9-24-26)27-13(2)17(16(28)18(27)29)31-19-22-7-6-8-23-19;14-10-6-8(7-11(15)12(10)16)17-13(18)19-9-4-2-1-3-5-9/h3-8,11-12,19-20,34H,9-10H2,1-2H3,(H,30,36);6-9,12-13,16-17,28H,10-11H2,1-5H3;1-7H,(H,17,18)/t11-,12+,19-,20+;12-,13+,16-,17+;/m00./s1. The molecule has 8 atom stereocenters. The molecule has 0 bridgehead atoms. The lowest BCUT2D eigenvalue weighted by atomic mass is 10.1. The molecule has 11 rings (SSSR count). The van der Waals surface area contributed by atoms with Crippen LogP contribution in [0.4, 0.5) is 63.5 Å². The van der Waals surface area contributed by atoms with Crippen molar-refractivity contribution in [2.24, 2.45) is 0 Å². The zero-order chi connectivity index (χ0) is 63.5. The fourth-order valence-electron chi connectivity index (χ4n) is 9.93. The molecule has 7 aromatic rings. The molecular formula is C57H58F6N14O11. The van der Waals surface area contributed by atoms with Crippen LogP contribution in [0.2, 0.25) is 0 Å². The molecule has 3 aromatic carbocycles. The Labute approximate surface area is 497 Å². The van der Waals surface area contributed by atoms with E-state index in [-0.39, 0.29) is 60.9 Å². The van der Waals surface area contributed by atoms with E-state index >= 15 is 0 Å². The van der Waals surface area contributed by atoms with Crippen LogP contribution in [0.1, 0.15) is 59.9 Å². The second kappa shape index (κ2) is 26.0. The number of amides is 6. The molecule has 2 fully saturated rings. The Bertz CT molecular complexity index is 3650. The average Bonchev–Trinajstić information content (AvgIpc) is 2.05. The summed E-state index contributed by atoms with van der Waals surface area (Å²) in [7, 11) is 0. The van der Waals surface area contributed by atoms with E-state index in [2.05, 4.69) is 40.8 Å². The summed E-state index contributed by atoms with van der Waals surface area (Å²) in [6.07, 6.45) is 3.00. The monoisotopic (exact) mass is 1230 g/mol. The summed E-state index contributed by atoms with van der Waals surface area (Å²) >= 11 is 0. The average molecular weight is 1230 g/mol. The number of rotatable bonds is 9. The largest absolute Gasteiger partial charge is 0.455 e. The quantitative estimate of drug-likeness (QED) is 0.0825. The van der Waals surface area contributed by atoms with Gasteiger partial charge in [-0.25, -0.2) is 60.7 Å². The van der Waals surface area contributed by atoms with Crippen LogP contribution in [0.15, 0.2) is 104 Å². The van der Waals surface area contributed by atoms with Gasteiger partial charge in [-0.05, 0) is 72.7 Å². The van der Waals surface area contributed by atoms with Crippen LogP contribution >= 0.6 is 0 Å². The van der Waals surface area contributed by atoms with Gasteiger partial charge in [-0.2, -0.15) is 10.2 Å². The third-order valence-electron chi connectivity index (χ3n) is 14.2. The zero-order valence-electron chi connectivity index (χ0n) is 48.0. The van der Waals surface area contributed by atoms with Gasteiger partial charge >= 0.3 is 30.2 Å². The molecule has 31 heteroatoms.